The Hall–Kier alpha value is -3.44. The van der Waals surface area contributed by atoms with Gasteiger partial charge in [-0.15, -0.1) is 0 Å². The van der Waals surface area contributed by atoms with Crippen molar-refractivity contribution in [3.05, 3.63) is 63.1 Å². The van der Waals surface area contributed by atoms with Crippen LogP contribution in [0.15, 0.2) is 29.2 Å². The molecule has 0 saturated carbocycles. The van der Waals surface area contributed by atoms with Gasteiger partial charge in [0.25, 0.3) is 5.91 Å². The second-order valence-electron chi connectivity index (χ2n) is 8.57. The Morgan fingerprint density at radius 2 is 1.91 bits per heavy atom. The molecule has 35 heavy (non-hydrogen) atoms. The fraction of sp³-hybridized carbons (Fsp3) is 0.435. The lowest BCUT2D eigenvalue weighted by Crippen LogP contribution is -2.64. The molecule has 1 aromatic carbocycles. The van der Waals surface area contributed by atoms with Gasteiger partial charge < -0.3 is 10.0 Å². The van der Waals surface area contributed by atoms with E-state index in [1.54, 1.807) is 6.92 Å². The number of piperidine rings is 1. The van der Waals surface area contributed by atoms with Gasteiger partial charge in [-0.1, -0.05) is 6.07 Å². The van der Waals surface area contributed by atoms with E-state index in [1.165, 1.54) is 11.1 Å². The largest absolute Gasteiger partial charge is 0.502 e. The van der Waals surface area contributed by atoms with E-state index in [0.29, 0.717) is 6.07 Å². The molecule has 1 fully saturated rings. The minimum atomic E-state index is -4.45. The van der Waals surface area contributed by atoms with Crippen molar-refractivity contribution in [3.63, 3.8) is 0 Å². The van der Waals surface area contributed by atoms with E-state index in [9.17, 15) is 41.4 Å². The molecule has 1 saturated heterocycles. The van der Waals surface area contributed by atoms with Crippen LogP contribution in [0.3, 0.4) is 0 Å². The molecule has 1 N–H and O–H groups in total. The predicted molar refractivity (Wildman–Crippen MR) is 114 cm³/mol. The van der Waals surface area contributed by atoms with E-state index in [0.717, 1.165) is 21.8 Å². The predicted octanol–water partition coefficient (Wildman–Crippen LogP) is 3.36. The maximum Gasteiger partial charge on any atom is 0.392 e. The SMILES string of the molecule is CCN1C(=O)c2c(O)c(=O)c(C(=O)CCc3ccc(F)cc3F)cn2N2CC[C@@H](C(F)(F)F)C[C@@H]12. The number of carbonyl (C=O) groups is 2. The number of rotatable bonds is 5. The van der Waals surface area contributed by atoms with E-state index in [2.05, 4.69) is 0 Å². The summed E-state index contributed by atoms with van der Waals surface area (Å²) in [4.78, 5) is 39.7. The molecular formula is C23H22F5N3O4. The fourth-order valence-corrected chi connectivity index (χ4v) is 4.69. The number of pyridine rings is 1. The van der Waals surface area contributed by atoms with Crippen molar-refractivity contribution in [2.75, 3.05) is 18.1 Å². The van der Waals surface area contributed by atoms with Gasteiger partial charge in [0.05, 0.1) is 11.5 Å². The topological polar surface area (TPSA) is 82.9 Å². The Labute approximate surface area is 196 Å². The normalized spacial score (nSPS) is 20.0. The first-order valence-electron chi connectivity index (χ1n) is 11.0. The van der Waals surface area contributed by atoms with E-state index < -0.39 is 70.4 Å². The quantitative estimate of drug-likeness (QED) is 0.504. The highest BCUT2D eigenvalue weighted by molar-refractivity contribution is 6.00. The lowest BCUT2D eigenvalue weighted by Gasteiger charge is -2.50. The smallest absolute Gasteiger partial charge is 0.392 e. The average molecular weight is 499 g/mol. The van der Waals surface area contributed by atoms with Crippen molar-refractivity contribution in [2.45, 2.75) is 44.9 Å². The standard InChI is InChI=1S/C23H22F5N3O4/c1-2-29-18-9-13(23(26,27)28)7-8-30(18)31-11-15(20(33)21(34)19(31)22(29)35)17(32)6-4-12-3-5-14(24)10-16(12)25/h3,5,10-11,13,18,34H,2,4,6-9H2,1H3/t13-,18+/m1/s1. The van der Waals surface area contributed by atoms with Crippen LogP contribution in [0.4, 0.5) is 22.0 Å². The molecule has 0 unspecified atom stereocenters. The van der Waals surface area contributed by atoms with E-state index >= 15 is 0 Å². The minimum Gasteiger partial charge on any atom is -0.502 e. The Bertz CT molecular complexity index is 1240. The number of benzene rings is 1. The minimum absolute atomic E-state index is 0.0438. The molecule has 2 aliphatic rings. The number of hydrogen-bond acceptors (Lipinski definition) is 5. The molecule has 3 heterocycles. The van der Waals surface area contributed by atoms with Crippen LogP contribution in [0, 0.1) is 17.6 Å². The zero-order valence-electron chi connectivity index (χ0n) is 18.6. The summed E-state index contributed by atoms with van der Waals surface area (Å²) < 4.78 is 68.2. The molecule has 1 aromatic heterocycles. The van der Waals surface area contributed by atoms with Crippen LogP contribution >= 0.6 is 0 Å². The Balaban J connectivity index is 1.69. The van der Waals surface area contributed by atoms with Gasteiger partial charge >= 0.3 is 6.18 Å². The summed E-state index contributed by atoms with van der Waals surface area (Å²) >= 11 is 0. The van der Waals surface area contributed by atoms with Crippen LogP contribution in [0.25, 0.3) is 0 Å². The summed E-state index contributed by atoms with van der Waals surface area (Å²) in [6, 6.07) is 2.86. The second kappa shape index (κ2) is 8.97. The molecule has 0 radical (unpaired) electrons. The molecule has 0 aliphatic carbocycles. The van der Waals surface area contributed by atoms with Gasteiger partial charge in [-0.2, -0.15) is 13.2 Å². The zero-order valence-corrected chi connectivity index (χ0v) is 18.6. The average Bonchev–Trinajstić information content (AvgIpc) is 2.79. The number of alkyl halides is 3. The number of aryl methyl sites for hydroxylation is 1. The number of amides is 1. The molecule has 188 valence electrons. The van der Waals surface area contributed by atoms with Gasteiger partial charge in [-0.25, -0.2) is 8.78 Å². The van der Waals surface area contributed by atoms with Crippen molar-refractivity contribution < 1.29 is 36.6 Å². The van der Waals surface area contributed by atoms with Gasteiger partial charge in [0.2, 0.25) is 5.43 Å². The molecule has 12 heteroatoms. The highest BCUT2D eigenvalue weighted by Gasteiger charge is 2.49. The first-order valence-corrected chi connectivity index (χ1v) is 11.0. The Kier molecular flexibility index (Phi) is 6.32. The summed E-state index contributed by atoms with van der Waals surface area (Å²) in [5.41, 5.74) is -1.97. The highest BCUT2D eigenvalue weighted by Crippen LogP contribution is 2.39. The van der Waals surface area contributed by atoms with Crippen molar-refractivity contribution in [1.82, 2.24) is 9.58 Å². The van der Waals surface area contributed by atoms with Crippen molar-refractivity contribution in [2.24, 2.45) is 5.92 Å². The number of carbonyl (C=O) groups excluding carboxylic acids is 2. The van der Waals surface area contributed by atoms with Crippen LogP contribution < -0.4 is 10.4 Å². The van der Waals surface area contributed by atoms with Crippen LogP contribution in [0.1, 0.15) is 52.6 Å². The van der Waals surface area contributed by atoms with Crippen LogP contribution in [-0.2, 0) is 6.42 Å². The van der Waals surface area contributed by atoms with Crippen LogP contribution in [0.5, 0.6) is 5.75 Å². The molecular weight excluding hydrogens is 477 g/mol. The molecule has 2 aromatic rings. The zero-order chi connectivity index (χ0) is 25.7. The summed E-state index contributed by atoms with van der Waals surface area (Å²) in [5, 5.41) is 12.0. The third-order valence-electron chi connectivity index (χ3n) is 6.55. The summed E-state index contributed by atoms with van der Waals surface area (Å²) in [6.07, 6.45) is -5.57. The van der Waals surface area contributed by atoms with Crippen molar-refractivity contribution in [3.8, 4) is 5.75 Å². The lowest BCUT2D eigenvalue weighted by atomic mass is 9.93. The number of fused-ring (bicyclic) bond motifs is 3. The second-order valence-corrected chi connectivity index (χ2v) is 8.57. The maximum absolute atomic E-state index is 13.9. The number of aromatic nitrogens is 1. The number of hydrogen-bond donors (Lipinski definition) is 1. The van der Waals surface area contributed by atoms with Gasteiger partial charge in [-0.3, -0.25) is 24.1 Å². The first kappa shape index (κ1) is 24.7. The van der Waals surface area contributed by atoms with Crippen LogP contribution in [-0.4, -0.2) is 51.8 Å². The Morgan fingerprint density at radius 3 is 2.54 bits per heavy atom. The first-order chi connectivity index (χ1) is 16.4. The van der Waals surface area contributed by atoms with Gasteiger partial charge in [-0.05, 0) is 37.8 Å². The molecule has 2 atom stereocenters. The molecule has 0 bridgehead atoms. The number of nitrogens with zero attached hydrogens (tertiary/aromatic N) is 3. The van der Waals surface area contributed by atoms with Crippen molar-refractivity contribution in [1.29, 1.82) is 0 Å². The summed E-state index contributed by atoms with van der Waals surface area (Å²) in [6.45, 7) is 1.48. The van der Waals surface area contributed by atoms with E-state index in [1.807, 2.05) is 0 Å². The molecule has 7 nitrogen and oxygen atoms in total. The number of ketones is 1. The number of Topliss-reactive ketones (excluding diaryl/α,β-unsaturated/α-hetero) is 1. The van der Waals surface area contributed by atoms with Crippen LogP contribution in [0.2, 0.25) is 0 Å². The number of halogens is 5. The van der Waals surface area contributed by atoms with E-state index in [4.69, 9.17) is 0 Å². The highest BCUT2D eigenvalue weighted by atomic mass is 19.4. The molecule has 4 rings (SSSR count). The van der Waals surface area contributed by atoms with E-state index in [-0.39, 0.29) is 37.9 Å². The molecule has 2 aliphatic heterocycles. The lowest BCUT2D eigenvalue weighted by molar-refractivity contribution is -0.185. The maximum atomic E-state index is 13.9. The summed E-state index contributed by atoms with van der Waals surface area (Å²) in [7, 11) is 0. The third kappa shape index (κ3) is 4.37. The van der Waals surface area contributed by atoms with Gasteiger partial charge in [0.15, 0.2) is 17.2 Å². The van der Waals surface area contributed by atoms with Crippen molar-refractivity contribution >= 4 is 11.7 Å². The molecule has 0 spiro atoms. The third-order valence-corrected chi connectivity index (χ3v) is 6.55. The number of aromatic hydroxyl groups is 1. The fourth-order valence-electron chi connectivity index (χ4n) is 4.69. The van der Waals surface area contributed by atoms with Gasteiger partial charge in [0.1, 0.15) is 17.8 Å². The van der Waals surface area contributed by atoms with Gasteiger partial charge in [0, 0.05) is 31.8 Å². The molecule has 1 amide bonds. The summed E-state index contributed by atoms with van der Waals surface area (Å²) in [5.74, 6) is -5.85. The monoisotopic (exact) mass is 499 g/mol. The Morgan fingerprint density at radius 1 is 1.20 bits per heavy atom.